The van der Waals surface area contributed by atoms with Gasteiger partial charge in [-0.1, -0.05) is 42.5 Å². The summed E-state index contributed by atoms with van der Waals surface area (Å²) in [5, 5.41) is 2.42. The maximum atomic E-state index is 12.2. The molecule has 7 nitrogen and oxygen atoms in total. The van der Waals surface area contributed by atoms with Gasteiger partial charge in [-0.3, -0.25) is 24.1 Å². The van der Waals surface area contributed by atoms with E-state index < -0.39 is 23.7 Å². The van der Waals surface area contributed by atoms with E-state index in [1.807, 2.05) is 30.3 Å². The highest BCUT2D eigenvalue weighted by molar-refractivity contribution is 6.21. The topological polar surface area (TPSA) is 92.8 Å². The number of benzene rings is 2. The number of rotatable bonds is 7. The van der Waals surface area contributed by atoms with Crippen molar-refractivity contribution >= 4 is 29.8 Å². The fourth-order valence-corrected chi connectivity index (χ4v) is 2.70. The highest BCUT2D eigenvalue weighted by Crippen LogP contribution is 2.21. The number of ether oxygens (including phenoxy) is 1. The zero-order valence-electron chi connectivity index (χ0n) is 15.0. The molecule has 0 unspecified atom stereocenters. The first-order chi connectivity index (χ1) is 13.6. The van der Waals surface area contributed by atoms with Crippen LogP contribution in [-0.4, -0.2) is 48.3 Å². The summed E-state index contributed by atoms with van der Waals surface area (Å²) >= 11 is 0. The molecule has 1 aliphatic rings. The highest BCUT2D eigenvalue weighted by Gasteiger charge is 2.34. The molecule has 1 aliphatic heterocycles. The summed E-state index contributed by atoms with van der Waals surface area (Å²) in [6.45, 7) is -0.486. The van der Waals surface area contributed by atoms with E-state index in [4.69, 9.17) is 4.74 Å². The van der Waals surface area contributed by atoms with Gasteiger partial charge in [0.15, 0.2) is 0 Å². The van der Waals surface area contributed by atoms with E-state index in [0.29, 0.717) is 11.1 Å². The summed E-state index contributed by atoms with van der Waals surface area (Å²) < 4.78 is 4.99. The quantitative estimate of drug-likeness (QED) is 0.449. The van der Waals surface area contributed by atoms with Gasteiger partial charge < -0.3 is 10.1 Å². The third-order valence-electron chi connectivity index (χ3n) is 4.09. The van der Waals surface area contributed by atoms with Gasteiger partial charge in [0, 0.05) is 6.08 Å². The molecule has 142 valence electrons. The first-order valence-electron chi connectivity index (χ1n) is 8.68. The average Bonchev–Trinajstić information content (AvgIpc) is 2.96. The van der Waals surface area contributed by atoms with Crippen molar-refractivity contribution in [3.8, 4) is 0 Å². The molecule has 0 fully saturated rings. The summed E-state index contributed by atoms with van der Waals surface area (Å²) in [5.41, 5.74) is 1.55. The van der Waals surface area contributed by atoms with Crippen LogP contribution in [0.25, 0.3) is 6.08 Å². The van der Waals surface area contributed by atoms with Gasteiger partial charge in [-0.15, -0.1) is 0 Å². The number of carbonyl (C=O) groups excluding carboxylic acids is 4. The number of amides is 3. The number of carbonyl (C=O) groups is 4. The van der Waals surface area contributed by atoms with Crippen molar-refractivity contribution in [2.24, 2.45) is 0 Å². The molecule has 0 spiro atoms. The van der Waals surface area contributed by atoms with Crippen LogP contribution in [0.4, 0.5) is 0 Å². The number of fused-ring (bicyclic) bond motifs is 1. The Morgan fingerprint density at radius 3 is 2.18 bits per heavy atom. The van der Waals surface area contributed by atoms with Crippen molar-refractivity contribution in [3.63, 3.8) is 0 Å². The minimum absolute atomic E-state index is 0.0417. The van der Waals surface area contributed by atoms with Crippen LogP contribution in [0.5, 0.6) is 0 Å². The summed E-state index contributed by atoms with van der Waals surface area (Å²) in [6.07, 6.45) is 2.95. The molecule has 0 radical (unpaired) electrons. The Bertz CT molecular complexity index is 902. The van der Waals surface area contributed by atoms with Crippen LogP contribution in [0.3, 0.4) is 0 Å². The van der Waals surface area contributed by atoms with Gasteiger partial charge in [0.05, 0.1) is 17.7 Å². The lowest BCUT2D eigenvalue weighted by molar-refractivity contribution is -0.143. The SMILES string of the molecule is O=C(/C=C/c1ccccc1)NCC(=O)OCCN1C(=O)c2ccccc2C1=O. The monoisotopic (exact) mass is 378 g/mol. The lowest BCUT2D eigenvalue weighted by Crippen LogP contribution is -2.35. The Morgan fingerprint density at radius 2 is 1.54 bits per heavy atom. The maximum absolute atomic E-state index is 12.2. The van der Waals surface area contributed by atoms with Crippen molar-refractivity contribution in [1.82, 2.24) is 10.2 Å². The number of hydrogen-bond donors (Lipinski definition) is 1. The second-order valence-corrected chi connectivity index (χ2v) is 5.99. The van der Waals surface area contributed by atoms with Crippen molar-refractivity contribution in [1.29, 1.82) is 0 Å². The minimum atomic E-state index is -0.655. The smallest absolute Gasteiger partial charge is 0.325 e. The van der Waals surface area contributed by atoms with Crippen LogP contribution in [0.15, 0.2) is 60.7 Å². The highest BCUT2D eigenvalue weighted by atomic mass is 16.5. The maximum Gasteiger partial charge on any atom is 0.325 e. The molecule has 2 aromatic carbocycles. The first kappa shape index (κ1) is 19.0. The molecule has 1 heterocycles. The van der Waals surface area contributed by atoms with Crippen molar-refractivity contribution in [2.45, 2.75) is 0 Å². The number of nitrogens with zero attached hydrogens (tertiary/aromatic N) is 1. The van der Waals surface area contributed by atoms with E-state index in [1.165, 1.54) is 6.08 Å². The predicted molar refractivity (Wildman–Crippen MR) is 101 cm³/mol. The van der Waals surface area contributed by atoms with E-state index in [1.54, 1.807) is 30.3 Å². The van der Waals surface area contributed by atoms with E-state index >= 15 is 0 Å². The molecule has 2 aromatic rings. The zero-order valence-corrected chi connectivity index (χ0v) is 15.0. The van der Waals surface area contributed by atoms with Gasteiger partial charge in [-0.25, -0.2) is 0 Å². The molecule has 28 heavy (non-hydrogen) atoms. The van der Waals surface area contributed by atoms with E-state index in [9.17, 15) is 19.2 Å². The molecule has 0 bridgehead atoms. The molecule has 0 atom stereocenters. The van der Waals surface area contributed by atoms with Gasteiger partial charge in [-0.2, -0.15) is 0 Å². The molecule has 0 saturated carbocycles. The Hall–Kier alpha value is -3.74. The molecule has 3 rings (SSSR count). The lowest BCUT2D eigenvalue weighted by atomic mass is 10.1. The normalized spacial score (nSPS) is 12.9. The molecular formula is C21H18N2O5. The zero-order chi connectivity index (χ0) is 19.9. The molecule has 0 aliphatic carbocycles. The molecule has 7 heteroatoms. The minimum Gasteiger partial charge on any atom is -0.462 e. The Balaban J connectivity index is 1.39. The van der Waals surface area contributed by atoms with Crippen molar-refractivity contribution < 1.29 is 23.9 Å². The molecule has 3 amide bonds. The average molecular weight is 378 g/mol. The summed E-state index contributed by atoms with van der Waals surface area (Å²) in [5.74, 6) is -1.90. The largest absolute Gasteiger partial charge is 0.462 e. The molecule has 1 N–H and O–H groups in total. The van der Waals surface area contributed by atoms with Gasteiger partial charge in [-0.05, 0) is 23.8 Å². The fourth-order valence-electron chi connectivity index (χ4n) is 2.70. The second-order valence-electron chi connectivity index (χ2n) is 5.99. The third-order valence-corrected chi connectivity index (χ3v) is 4.09. The summed E-state index contributed by atoms with van der Waals surface area (Å²) in [6, 6.07) is 15.8. The van der Waals surface area contributed by atoms with Gasteiger partial charge in [0.25, 0.3) is 11.8 Å². The van der Waals surface area contributed by atoms with Gasteiger partial charge >= 0.3 is 5.97 Å². The second kappa shape index (κ2) is 8.77. The Kier molecular flexibility index (Phi) is 5.96. The third kappa shape index (κ3) is 4.50. The van der Waals surface area contributed by atoms with Crippen LogP contribution in [0, 0.1) is 0 Å². The number of esters is 1. The number of hydrogen-bond acceptors (Lipinski definition) is 5. The van der Waals surface area contributed by atoms with Crippen LogP contribution < -0.4 is 5.32 Å². The fraction of sp³-hybridized carbons (Fsp3) is 0.143. The van der Waals surface area contributed by atoms with E-state index in [2.05, 4.69) is 5.32 Å². The summed E-state index contributed by atoms with van der Waals surface area (Å²) in [4.78, 5) is 48.9. The van der Waals surface area contributed by atoms with E-state index in [0.717, 1.165) is 10.5 Å². The first-order valence-corrected chi connectivity index (χ1v) is 8.68. The standard InChI is InChI=1S/C21H18N2O5/c24-18(11-10-15-6-2-1-3-7-15)22-14-19(25)28-13-12-23-20(26)16-8-4-5-9-17(16)21(23)27/h1-11H,12-14H2,(H,22,24)/b11-10+. The number of nitrogens with one attached hydrogen (secondary N) is 1. The number of imide groups is 1. The molecular weight excluding hydrogens is 360 g/mol. The lowest BCUT2D eigenvalue weighted by Gasteiger charge is -2.13. The van der Waals surface area contributed by atoms with Gasteiger partial charge in [0.2, 0.25) is 5.91 Å². The summed E-state index contributed by atoms with van der Waals surface area (Å²) in [7, 11) is 0. The predicted octanol–water partition coefficient (Wildman–Crippen LogP) is 1.66. The van der Waals surface area contributed by atoms with Crippen molar-refractivity contribution in [3.05, 3.63) is 77.4 Å². The Labute approximate surface area is 161 Å². The van der Waals surface area contributed by atoms with Crippen LogP contribution in [0.2, 0.25) is 0 Å². The van der Waals surface area contributed by atoms with Crippen molar-refractivity contribution in [2.75, 3.05) is 19.7 Å². The van der Waals surface area contributed by atoms with Crippen LogP contribution in [-0.2, 0) is 14.3 Å². The van der Waals surface area contributed by atoms with Crippen LogP contribution in [0.1, 0.15) is 26.3 Å². The molecule has 0 saturated heterocycles. The van der Waals surface area contributed by atoms with E-state index in [-0.39, 0.29) is 19.7 Å². The van der Waals surface area contributed by atoms with Gasteiger partial charge in [0.1, 0.15) is 13.2 Å². The molecule has 0 aromatic heterocycles. The van der Waals surface area contributed by atoms with Crippen LogP contribution >= 0.6 is 0 Å². The Morgan fingerprint density at radius 1 is 0.929 bits per heavy atom.